The lowest BCUT2D eigenvalue weighted by atomic mass is 10.1. The van der Waals surface area contributed by atoms with Gasteiger partial charge in [-0.05, 0) is 31.4 Å². The summed E-state index contributed by atoms with van der Waals surface area (Å²) >= 11 is 0. The first-order chi connectivity index (χ1) is 10.6. The van der Waals surface area contributed by atoms with Crippen molar-refractivity contribution in [2.24, 2.45) is 0 Å². The molecular formula is C16H19F2N3O. The molecule has 0 radical (unpaired) electrons. The number of hydrogen-bond acceptors (Lipinski definition) is 4. The Morgan fingerprint density at radius 1 is 1.23 bits per heavy atom. The average molecular weight is 307 g/mol. The maximum atomic E-state index is 13.6. The number of nitrogens with zero attached hydrogens (tertiary/aromatic N) is 2. The molecule has 0 saturated carbocycles. The van der Waals surface area contributed by atoms with Crippen molar-refractivity contribution in [3.63, 3.8) is 0 Å². The monoisotopic (exact) mass is 307 g/mol. The summed E-state index contributed by atoms with van der Waals surface area (Å²) in [6.07, 6.45) is 5.66. The van der Waals surface area contributed by atoms with Crippen molar-refractivity contribution in [2.75, 3.05) is 6.54 Å². The molecule has 0 amide bonds. The van der Waals surface area contributed by atoms with Crippen LogP contribution in [-0.2, 0) is 6.42 Å². The van der Waals surface area contributed by atoms with Gasteiger partial charge < -0.3 is 10.4 Å². The Bertz CT molecular complexity index is 595. The highest BCUT2D eigenvalue weighted by atomic mass is 19.1. The van der Waals surface area contributed by atoms with E-state index in [1.54, 1.807) is 12.4 Å². The van der Waals surface area contributed by atoms with E-state index in [2.05, 4.69) is 15.3 Å². The first kappa shape index (κ1) is 16.5. The number of rotatable bonds is 7. The van der Waals surface area contributed by atoms with Crippen LogP contribution in [0.1, 0.15) is 30.6 Å². The number of aliphatic hydroxyl groups is 1. The van der Waals surface area contributed by atoms with Crippen molar-refractivity contribution in [3.05, 3.63) is 59.7 Å². The van der Waals surface area contributed by atoms with Gasteiger partial charge in [0.15, 0.2) is 0 Å². The van der Waals surface area contributed by atoms with E-state index in [-0.39, 0.29) is 18.2 Å². The minimum atomic E-state index is -1.01. The summed E-state index contributed by atoms with van der Waals surface area (Å²) in [5.74, 6) is -1.39. The Morgan fingerprint density at radius 2 is 1.95 bits per heavy atom. The van der Waals surface area contributed by atoms with E-state index < -0.39 is 17.7 Å². The van der Waals surface area contributed by atoms with E-state index in [9.17, 15) is 13.9 Å². The van der Waals surface area contributed by atoms with Gasteiger partial charge in [-0.2, -0.15) is 0 Å². The standard InChI is InChI=1S/C16H19F2N3O/c1-11(2-3-12-7-19-10-20-8-12)21-9-16(22)14-5-4-13(17)6-15(14)18/h4-8,10-11,16,21-22H,2-3,9H2,1H3. The van der Waals surface area contributed by atoms with Crippen molar-refractivity contribution in [2.45, 2.75) is 31.9 Å². The van der Waals surface area contributed by atoms with Gasteiger partial charge in [-0.1, -0.05) is 6.07 Å². The number of nitrogens with one attached hydrogen (secondary N) is 1. The Kier molecular flexibility index (Phi) is 5.91. The quantitative estimate of drug-likeness (QED) is 0.825. The average Bonchev–Trinajstić information content (AvgIpc) is 2.51. The second kappa shape index (κ2) is 7.91. The van der Waals surface area contributed by atoms with Crippen molar-refractivity contribution < 1.29 is 13.9 Å². The van der Waals surface area contributed by atoms with E-state index in [0.717, 1.165) is 30.5 Å². The summed E-state index contributed by atoms with van der Waals surface area (Å²) < 4.78 is 26.4. The largest absolute Gasteiger partial charge is 0.387 e. The van der Waals surface area contributed by atoms with Crippen LogP contribution < -0.4 is 5.32 Å². The zero-order valence-corrected chi connectivity index (χ0v) is 12.3. The van der Waals surface area contributed by atoms with Gasteiger partial charge >= 0.3 is 0 Å². The molecule has 0 aliphatic carbocycles. The number of aromatic nitrogens is 2. The van der Waals surface area contributed by atoms with Crippen molar-refractivity contribution >= 4 is 0 Å². The summed E-state index contributed by atoms with van der Waals surface area (Å²) in [4.78, 5) is 7.90. The van der Waals surface area contributed by atoms with E-state index >= 15 is 0 Å². The molecule has 0 aliphatic rings. The van der Waals surface area contributed by atoms with Crippen LogP contribution in [0.5, 0.6) is 0 Å². The lowest BCUT2D eigenvalue weighted by Crippen LogP contribution is -2.31. The molecule has 2 unspecified atom stereocenters. The fourth-order valence-electron chi connectivity index (χ4n) is 2.14. The molecule has 4 nitrogen and oxygen atoms in total. The van der Waals surface area contributed by atoms with E-state index in [4.69, 9.17) is 0 Å². The highest BCUT2D eigenvalue weighted by molar-refractivity contribution is 5.21. The van der Waals surface area contributed by atoms with Gasteiger partial charge in [-0.3, -0.25) is 0 Å². The molecule has 22 heavy (non-hydrogen) atoms. The summed E-state index contributed by atoms with van der Waals surface area (Å²) in [7, 11) is 0. The molecule has 1 aromatic carbocycles. The molecule has 1 aromatic heterocycles. The molecule has 2 aromatic rings. The van der Waals surface area contributed by atoms with E-state index in [1.807, 2.05) is 6.92 Å². The predicted octanol–water partition coefficient (Wildman–Crippen LogP) is 2.40. The predicted molar refractivity (Wildman–Crippen MR) is 79.1 cm³/mol. The topological polar surface area (TPSA) is 58.0 Å². The number of halogens is 2. The van der Waals surface area contributed by atoms with E-state index in [1.165, 1.54) is 12.4 Å². The molecular weight excluding hydrogens is 288 g/mol. The fraction of sp³-hybridized carbons (Fsp3) is 0.375. The van der Waals surface area contributed by atoms with Gasteiger partial charge in [0.2, 0.25) is 0 Å². The highest BCUT2D eigenvalue weighted by Crippen LogP contribution is 2.17. The molecule has 6 heteroatoms. The van der Waals surface area contributed by atoms with Gasteiger partial charge in [0.1, 0.15) is 18.0 Å². The van der Waals surface area contributed by atoms with Crippen LogP contribution >= 0.6 is 0 Å². The van der Waals surface area contributed by atoms with Crippen LogP contribution in [0.2, 0.25) is 0 Å². The van der Waals surface area contributed by atoms with Crippen molar-refractivity contribution in [1.82, 2.24) is 15.3 Å². The molecule has 2 rings (SSSR count). The Hall–Kier alpha value is -1.92. The summed E-state index contributed by atoms with van der Waals surface area (Å²) in [5, 5.41) is 13.1. The molecule has 118 valence electrons. The summed E-state index contributed by atoms with van der Waals surface area (Å²) in [5.41, 5.74) is 1.14. The van der Waals surface area contributed by atoms with Crippen LogP contribution in [0, 0.1) is 11.6 Å². The van der Waals surface area contributed by atoms with Crippen LogP contribution in [0.3, 0.4) is 0 Å². The zero-order valence-electron chi connectivity index (χ0n) is 12.3. The first-order valence-electron chi connectivity index (χ1n) is 7.16. The molecule has 0 bridgehead atoms. The third kappa shape index (κ3) is 4.82. The second-order valence-corrected chi connectivity index (χ2v) is 5.28. The molecule has 2 atom stereocenters. The minimum Gasteiger partial charge on any atom is -0.387 e. The Labute approximate surface area is 128 Å². The number of hydrogen-bond donors (Lipinski definition) is 2. The van der Waals surface area contributed by atoms with Crippen LogP contribution in [0.25, 0.3) is 0 Å². The number of aryl methyl sites for hydroxylation is 1. The van der Waals surface area contributed by atoms with Gasteiger partial charge in [0.25, 0.3) is 0 Å². The minimum absolute atomic E-state index is 0.0950. The van der Waals surface area contributed by atoms with Crippen LogP contribution in [0.15, 0.2) is 36.9 Å². The maximum Gasteiger partial charge on any atom is 0.131 e. The number of benzene rings is 1. The van der Waals surface area contributed by atoms with Crippen LogP contribution in [0.4, 0.5) is 8.78 Å². The summed E-state index contributed by atoms with van der Waals surface area (Å²) in [6, 6.07) is 3.32. The lowest BCUT2D eigenvalue weighted by molar-refractivity contribution is 0.165. The first-order valence-corrected chi connectivity index (χ1v) is 7.16. The number of aliphatic hydroxyl groups excluding tert-OH is 1. The maximum absolute atomic E-state index is 13.6. The Balaban J connectivity index is 1.79. The third-order valence-corrected chi connectivity index (χ3v) is 3.46. The SMILES string of the molecule is CC(CCc1cncnc1)NCC(O)c1ccc(F)cc1F. The molecule has 2 N–H and O–H groups in total. The van der Waals surface area contributed by atoms with Gasteiger partial charge in [0.05, 0.1) is 6.10 Å². The van der Waals surface area contributed by atoms with Crippen molar-refractivity contribution in [3.8, 4) is 0 Å². The molecule has 0 saturated heterocycles. The lowest BCUT2D eigenvalue weighted by Gasteiger charge is -2.17. The van der Waals surface area contributed by atoms with Gasteiger partial charge in [-0.15, -0.1) is 0 Å². The van der Waals surface area contributed by atoms with E-state index in [0.29, 0.717) is 0 Å². The molecule has 1 heterocycles. The molecule has 0 fully saturated rings. The van der Waals surface area contributed by atoms with Gasteiger partial charge in [0, 0.05) is 36.6 Å². The summed E-state index contributed by atoms with van der Waals surface area (Å²) in [6.45, 7) is 2.19. The van der Waals surface area contributed by atoms with Crippen molar-refractivity contribution in [1.29, 1.82) is 0 Å². The third-order valence-electron chi connectivity index (χ3n) is 3.46. The Morgan fingerprint density at radius 3 is 2.64 bits per heavy atom. The zero-order chi connectivity index (χ0) is 15.9. The van der Waals surface area contributed by atoms with Crippen LogP contribution in [-0.4, -0.2) is 27.7 Å². The highest BCUT2D eigenvalue weighted by Gasteiger charge is 2.14. The molecule has 0 spiro atoms. The smallest absolute Gasteiger partial charge is 0.131 e. The second-order valence-electron chi connectivity index (χ2n) is 5.28. The normalized spacial score (nSPS) is 13.8. The molecule has 0 aliphatic heterocycles. The fourth-order valence-corrected chi connectivity index (χ4v) is 2.14. The van der Waals surface area contributed by atoms with Gasteiger partial charge in [-0.25, -0.2) is 18.7 Å².